The van der Waals surface area contributed by atoms with Crippen molar-refractivity contribution in [1.82, 2.24) is 0 Å². The lowest BCUT2D eigenvalue weighted by Gasteiger charge is -2.35. The molecule has 0 saturated carbocycles. The minimum absolute atomic E-state index is 0.440. The van der Waals surface area contributed by atoms with E-state index in [1.165, 1.54) is 10.4 Å². The van der Waals surface area contributed by atoms with Crippen LogP contribution in [0.5, 0.6) is 0 Å². The first-order valence-electron chi connectivity index (χ1n) is 7.02. The maximum Gasteiger partial charge on any atom is 0.258 e. The highest BCUT2D eigenvalue weighted by atomic mass is 35.5. The Balaban J connectivity index is 2.57. The molecule has 0 aliphatic heterocycles. The Bertz CT molecular complexity index is 474. The van der Waals surface area contributed by atoms with Crippen molar-refractivity contribution in [2.75, 3.05) is 12.5 Å². The van der Waals surface area contributed by atoms with E-state index in [0.717, 1.165) is 0 Å². The van der Waals surface area contributed by atoms with Gasteiger partial charge in [-0.2, -0.15) is 0 Å². The summed E-state index contributed by atoms with van der Waals surface area (Å²) in [6, 6.07) is 21.2. The van der Waals surface area contributed by atoms with E-state index in [9.17, 15) is 0 Å². The van der Waals surface area contributed by atoms with Gasteiger partial charge in [-0.25, -0.2) is 0 Å². The molecule has 0 atom stereocenters. The Morgan fingerprint density at radius 1 is 0.900 bits per heavy atom. The van der Waals surface area contributed by atoms with Crippen LogP contribution in [0, 0.1) is 0 Å². The van der Waals surface area contributed by atoms with Gasteiger partial charge in [-0.3, -0.25) is 0 Å². The summed E-state index contributed by atoms with van der Waals surface area (Å²) in [4.78, 5) is 0. The molecule has 0 saturated heterocycles. The summed E-state index contributed by atoms with van der Waals surface area (Å²) in [6.07, 6.45) is 0. The largest absolute Gasteiger partial charge is 0.406 e. The first-order valence-corrected chi connectivity index (χ1v) is 9.54. The van der Waals surface area contributed by atoms with Crippen LogP contribution in [-0.2, 0) is 4.43 Å². The highest BCUT2D eigenvalue weighted by molar-refractivity contribution is 6.98. The zero-order chi connectivity index (χ0) is 14.4. The SMILES string of the molecule is CC(C)[Si](OCCCl)(c1ccccc1)c1ccccc1. The van der Waals surface area contributed by atoms with Gasteiger partial charge in [0, 0.05) is 12.5 Å². The van der Waals surface area contributed by atoms with E-state index in [4.69, 9.17) is 16.0 Å². The van der Waals surface area contributed by atoms with Crippen molar-refractivity contribution >= 4 is 30.3 Å². The lowest BCUT2D eigenvalue weighted by molar-refractivity contribution is 0.335. The minimum Gasteiger partial charge on any atom is -0.406 e. The van der Waals surface area contributed by atoms with Crippen LogP contribution < -0.4 is 10.4 Å². The van der Waals surface area contributed by atoms with Crippen molar-refractivity contribution in [2.45, 2.75) is 19.4 Å². The molecule has 0 fully saturated rings. The van der Waals surface area contributed by atoms with E-state index in [1.54, 1.807) is 0 Å². The number of halogens is 1. The molecular formula is C17H21ClOSi. The van der Waals surface area contributed by atoms with Crippen LogP contribution in [-0.4, -0.2) is 20.8 Å². The molecule has 0 radical (unpaired) electrons. The summed E-state index contributed by atoms with van der Waals surface area (Å²) in [5.41, 5.74) is 0.440. The van der Waals surface area contributed by atoms with Crippen molar-refractivity contribution in [3.63, 3.8) is 0 Å². The molecule has 0 N–H and O–H groups in total. The second-order valence-electron chi connectivity index (χ2n) is 5.16. The molecule has 3 heteroatoms. The number of hydrogen-bond acceptors (Lipinski definition) is 1. The average Bonchev–Trinajstić information content (AvgIpc) is 2.50. The molecule has 0 aromatic heterocycles. The number of rotatable bonds is 6. The van der Waals surface area contributed by atoms with Gasteiger partial charge in [0.1, 0.15) is 0 Å². The quantitative estimate of drug-likeness (QED) is 0.587. The zero-order valence-corrected chi connectivity index (χ0v) is 13.8. The lowest BCUT2D eigenvalue weighted by atomic mass is 10.4. The fourth-order valence-electron chi connectivity index (χ4n) is 2.74. The van der Waals surface area contributed by atoms with E-state index >= 15 is 0 Å². The second kappa shape index (κ2) is 7.07. The highest BCUT2D eigenvalue weighted by Gasteiger charge is 2.42. The van der Waals surface area contributed by atoms with Gasteiger partial charge in [0.25, 0.3) is 8.32 Å². The molecule has 2 aromatic carbocycles. The Kier molecular flexibility index (Phi) is 5.41. The molecule has 0 spiro atoms. The molecule has 20 heavy (non-hydrogen) atoms. The van der Waals surface area contributed by atoms with Crippen LogP contribution in [0.4, 0.5) is 0 Å². The van der Waals surface area contributed by atoms with Crippen LogP contribution in [0.2, 0.25) is 5.54 Å². The van der Waals surface area contributed by atoms with Gasteiger partial charge in [-0.15, -0.1) is 11.6 Å². The molecule has 2 rings (SSSR count). The third kappa shape index (κ3) is 2.98. The second-order valence-corrected chi connectivity index (χ2v) is 9.61. The molecule has 0 aliphatic rings. The predicted octanol–water partition coefficient (Wildman–Crippen LogP) is 3.41. The maximum atomic E-state index is 6.42. The molecule has 0 bridgehead atoms. The standard InChI is InChI=1S/C17H21ClOSi/c1-15(2)20(19-14-13-18,16-9-5-3-6-10-16)17-11-7-4-8-12-17/h3-12,15H,13-14H2,1-2H3. The van der Waals surface area contributed by atoms with Gasteiger partial charge in [0.05, 0.1) is 0 Å². The molecule has 0 heterocycles. The topological polar surface area (TPSA) is 9.23 Å². The van der Waals surface area contributed by atoms with E-state index in [-0.39, 0.29) is 0 Å². The normalized spacial score (nSPS) is 11.8. The summed E-state index contributed by atoms with van der Waals surface area (Å²) in [7, 11) is -2.23. The number of hydrogen-bond donors (Lipinski definition) is 0. The molecule has 1 nitrogen and oxygen atoms in total. The van der Waals surface area contributed by atoms with Gasteiger partial charge in [0.2, 0.25) is 0 Å². The Labute approximate surface area is 127 Å². The molecule has 0 unspecified atom stereocenters. The van der Waals surface area contributed by atoms with Crippen LogP contribution in [0.3, 0.4) is 0 Å². The fourth-order valence-corrected chi connectivity index (χ4v) is 7.08. The van der Waals surface area contributed by atoms with Crippen molar-refractivity contribution in [2.24, 2.45) is 0 Å². The van der Waals surface area contributed by atoms with Crippen LogP contribution in [0.1, 0.15) is 13.8 Å². The van der Waals surface area contributed by atoms with Crippen LogP contribution >= 0.6 is 11.6 Å². The minimum atomic E-state index is -2.23. The van der Waals surface area contributed by atoms with E-state index in [1.807, 2.05) is 0 Å². The fraction of sp³-hybridized carbons (Fsp3) is 0.294. The highest BCUT2D eigenvalue weighted by Crippen LogP contribution is 2.22. The molecule has 0 aliphatic carbocycles. The summed E-state index contributed by atoms with van der Waals surface area (Å²) in [6.45, 7) is 5.09. The summed E-state index contributed by atoms with van der Waals surface area (Å²) in [5.74, 6) is 0.529. The van der Waals surface area contributed by atoms with Crippen molar-refractivity contribution in [3.05, 3.63) is 60.7 Å². The Morgan fingerprint density at radius 2 is 1.35 bits per heavy atom. The molecule has 0 amide bonds. The van der Waals surface area contributed by atoms with Crippen molar-refractivity contribution in [3.8, 4) is 0 Å². The third-order valence-corrected chi connectivity index (χ3v) is 8.45. The summed E-state index contributed by atoms with van der Waals surface area (Å²) < 4.78 is 6.42. The van der Waals surface area contributed by atoms with Crippen LogP contribution in [0.15, 0.2) is 60.7 Å². The molecule has 2 aromatic rings. The average molecular weight is 305 g/mol. The molecule has 106 valence electrons. The Morgan fingerprint density at radius 3 is 1.70 bits per heavy atom. The van der Waals surface area contributed by atoms with E-state index < -0.39 is 8.32 Å². The maximum absolute atomic E-state index is 6.42. The Hall–Kier alpha value is -1.09. The first kappa shape index (κ1) is 15.3. The molecular weight excluding hydrogens is 284 g/mol. The lowest BCUT2D eigenvalue weighted by Crippen LogP contribution is -2.63. The monoisotopic (exact) mass is 304 g/mol. The van der Waals surface area contributed by atoms with Gasteiger partial charge < -0.3 is 4.43 Å². The summed E-state index contributed by atoms with van der Waals surface area (Å²) in [5, 5.41) is 2.62. The van der Waals surface area contributed by atoms with Gasteiger partial charge in [-0.05, 0) is 15.9 Å². The zero-order valence-electron chi connectivity index (χ0n) is 12.1. The van der Waals surface area contributed by atoms with Gasteiger partial charge in [0.15, 0.2) is 0 Å². The van der Waals surface area contributed by atoms with Gasteiger partial charge >= 0.3 is 0 Å². The smallest absolute Gasteiger partial charge is 0.258 e. The summed E-state index contributed by atoms with van der Waals surface area (Å²) >= 11 is 5.88. The number of benzene rings is 2. The third-order valence-electron chi connectivity index (χ3n) is 3.63. The van der Waals surface area contributed by atoms with Crippen molar-refractivity contribution < 1.29 is 4.43 Å². The first-order chi connectivity index (χ1) is 9.71. The van der Waals surface area contributed by atoms with Gasteiger partial charge in [-0.1, -0.05) is 74.5 Å². The number of alkyl halides is 1. The van der Waals surface area contributed by atoms with E-state index in [0.29, 0.717) is 18.0 Å². The van der Waals surface area contributed by atoms with E-state index in [2.05, 4.69) is 74.5 Å². The van der Waals surface area contributed by atoms with Crippen LogP contribution in [0.25, 0.3) is 0 Å². The predicted molar refractivity (Wildman–Crippen MR) is 89.7 cm³/mol. The van der Waals surface area contributed by atoms with Crippen molar-refractivity contribution in [1.29, 1.82) is 0 Å².